The van der Waals surface area contributed by atoms with Crippen molar-refractivity contribution in [2.75, 3.05) is 14.2 Å². The average Bonchev–Trinajstić information content (AvgIpc) is 2.55. The van der Waals surface area contributed by atoms with E-state index in [0.717, 1.165) is 0 Å². The Balaban J connectivity index is 2.64. The molecule has 0 heterocycles. The van der Waals surface area contributed by atoms with Gasteiger partial charge in [0, 0.05) is 10.6 Å². The molecule has 1 aliphatic carbocycles. The molecule has 0 spiro atoms. The molecule has 1 aliphatic rings. The summed E-state index contributed by atoms with van der Waals surface area (Å²) in [6.07, 6.45) is 4.70. The van der Waals surface area contributed by atoms with Gasteiger partial charge in [0.05, 0.1) is 19.8 Å². The van der Waals surface area contributed by atoms with Gasteiger partial charge in [0.15, 0.2) is 11.5 Å². The number of ether oxygens (including phenoxy) is 2. The van der Waals surface area contributed by atoms with E-state index >= 15 is 0 Å². The number of allylic oxidation sites excluding steroid dienone is 6. The molecule has 0 aliphatic heterocycles. The maximum atomic E-state index is 9.51. The first-order valence-electron chi connectivity index (χ1n) is 6.29. The van der Waals surface area contributed by atoms with E-state index in [-0.39, 0.29) is 5.71 Å². The summed E-state index contributed by atoms with van der Waals surface area (Å²) in [5, 5.41) is 22.2. The predicted molar refractivity (Wildman–Crippen MR) is 84.4 cm³/mol. The number of rotatable bonds is 3. The van der Waals surface area contributed by atoms with Gasteiger partial charge in [0.1, 0.15) is 11.8 Å². The summed E-state index contributed by atoms with van der Waals surface area (Å²) >= 11 is 5.98. The minimum Gasteiger partial charge on any atom is -0.493 e. The molecule has 0 saturated heterocycles. The van der Waals surface area contributed by atoms with Crippen LogP contribution in [0.2, 0.25) is 0 Å². The predicted octanol–water partition coefficient (Wildman–Crippen LogP) is 3.50. The van der Waals surface area contributed by atoms with Gasteiger partial charge >= 0.3 is 0 Å². The molecule has 0 saturated carbocycles. The van der Waals surface area contributed by atoms with Crippen molar-refractivity contribution in [3.8, 4) is 17.6 Å². The summed E-state index contributed by atoms with van der Waals surface area (Å²) in [5.74, 6) is 1.05. The van der Waals surface area contributed by atoms with Crippen LogP contribution >= 0.6 is 11.6 Å². The SMILES string of the molecule is COc1ccc(C(C#N)=C2C=C(Cl)C=CC2=NO)cc1OC. The minimum absolute atomic E-state index is 0.260. The van der Waals surface area contributed by atoms with Gasteiger partial charge in [0.25, 0.3) is 0 Å². The van der Waals surface area contributed by atoms with Crippen LogP contribution in [-0.2, 0) is 0 Å². The Labute approximate surface area is 133 Å². The molecule has 0 amide bonds. The van der Waals surface area contributed by atoms with Crippen molar-refractivity contribution in [2.45, 2.75) is 0 Å². The van der Waals surface area contributed by atoms with Crippen LogP contribution in [0.4, 0.5) is 0 Å². The van der Waals surface area contributed by atoms with Crippen LogP contribution in [0.25, 0.3) is 5.57 Å². The van der Waals surface area contributed by atoms with Crippen molar-refractivity contribution in [2.24, 2.45) is 5.16 Å². The standard InChI is InChI=1S/C16H13ClN2O3/c1-21-15-6-3-10(7-16(15)22-2)13(9-18)12-8-11(17)4-5-14(12)19-20/h3-8,20H,1-2H3. The van der Waals surface area contributed by atoms with Crippen LogP contribution in [-0.4, -0.2) is 25.1 Å². The molecule has 0 fully saturated rings. The first-order valence-corrected chi connectivity index (χ1v) is 6.66. The molecule has 1 aromatic rings. The Kier molecular flexibility index (Phi) is 4.87. The van der Waals surface area contributed by atoms with Gasteiger partial charge in [-0.25, -0.2) is 0 Å². The van der Waals surface area contributed by atoms with Gasteiger partial charge in [-0.15, -0.1) is 0 Å². The summed E-state index contributed by atoms with van der Waals surface area (Å²) in [4.78, 5) is 0. The fraction of sp³-hybridized carbons (Fsp3) is 0.125. The largest absolute Gasteiger partial charge is 0.493 e. The Morgan fingerprint density at radius 3 is 2.55 bits per heavy atom. The van der Waals surface area contributed by atoms with Gasteiger partial charge in [-0.3, -0.25) is 0 Å². The topological polar surface area (TPSA) is 74.8 Å². The van der Waals surface area contributed by atoms with E-state index in [4.69, 9.17) is 26.3 Å². The van der Waals surface area contributed by atoms with E-state index in [0.29, 0.717) is 33.2 Å². The molecule has 112 valence electrons. The van der Waals surface area contributed by atoms with E-state index in [2.05, 4.69) is 11.2 Å². The van der Waals surface area contributed by atoms with Crippen LogP contribution in [0.1, 0.15) is 5.56 Å². The highest BCUT2D eigenvalue weighted by molar-refractivity contribution is 6.34. The third-order valence-electron chi connectivity index (χ3n) is 3.12. The second-order valence-electron chi connectivity index (χ2n) is 4.32. The maximum absolute atomic E-state index is 9.51. The first kappa shape index (κ1) is 15.7. The molecule has 0 atom stereocenters. The molecule has 22 heavy (non-hydrogen) atoms. The quantitative estimate of drug-likeness (QED) is 0.526. The van der Waals surface area contributed by atoms with E-state index < -0.39 is 0 Å². The van der Waals surface area contributed by atoms with E-state index in [1.54, 1.807) is 30.4 Å². The van der Waals surface area contributed by atoms with Crippen molar-refractivity contribution >= 4 is 22.9 Å². The van der Waals surface area contributed by atoms with Gasteiger partial charge < -0.3 is 14.7 Å². The summed E-state index contributed by atoms with van der Waals surface area (Å²) in [6.45, 7) is 0. The number of nitrogens with zero attached hydrogens (tertiary/aromatic N) is 2. The van der Waals surface area contributed by atoms with Crippen LogP contribution in [0, 0.1) is 11.3 Å². The summed E-state index contributed by atoms with van der Waals surface area (Å²) in [5.41, 5.74) is 1.61. The smallest absolute Gasteiger partial charge is 0.161 e. The maximum Gasteiger partial charge on any atom is 0.161 e. The van der Waals surface area contributed by atoms with Crippen LogP contribution < -0.4 is 9.47 Å². The first-order chi connectivity index (χ1) is 10.6. The zero-order chi connectivity index (χ0) is 16.1. The second-order valence-corrected chi connectivity index (χ2v) is 4.75. The summed E-state index contributed by atoms with van der Waals surface area (Å²) in [7, 11) is 3.05. The fourth-order valence-corrected chi connectivity index (χ4v) is 2.24. The van der Waals surface area contributed by atoms with E-state index in [1.165, 1.54) is 20.3 Å². The molecule has 0 unspecified atom stereocenters. The van der Waals surface area contributed by atoms with Crippen molar-refractivity contribution in [3.63, 3.8) is 0 Å². The van der Waals surface area contributed by atoms with Gasteiger partial charge in [0.2, 0.25) is 0 Å². The molecule has 5 nitrogen and oxygen atoms in total. The van der Waals surface area contributed by atoms with Crippen molar-refractivity contribution in [1.82, 2.24) is 0 Å². The number of methoxy groups -OCH3 is 2. The summed E-state index contributed by atoms with van der Waals surface area (Å²) in [6, 6.07) is 7.22. The lowest BCUT2D eigenvalue weighted by Crippen LogP contribution is -2.04. The molecule has 1 N–H and O–H groups in total. The van der Waals surface area contributed by atoms with Gasteiger partial charge in [-0.1, -0.05) is 16.8 Å². The second kappa shape index (κ2) is 6.83. The van der Waals surface area contributed by atoms with Crippen molar-refractivity contribution in [3.05, 3.63) is 52.6 Å². The van der Waals surface area contributed by atoms with Crippen LogP contribution in [0.3, 0.4) is 0 Å². The lowest BCUT2D eigenvalue weighted by Gasteiger charge is -2.12. The van der Waals surface area contributed by atoms with Crippen LogP contribution in [0.15, 0.2) is 52.2 Å². The Hall–Kier alpha value is -2.71. The van der Waals surface area contributed by atoms with Crippen LogP contribution in [0.5, 0.6) is 11.5 Å². The molecule has 1 aromatic carbocycles. The van der Waals surface area contributed by atoms with Gasteiger partial charge in [-0.05, 0) is 42.0 Å². The Morgan fingerprint density at radius 2 is 1.95 bits per heavy atom. The number of hydrogen-bond donors (Lipinski definition) is 1. The molecule has 6 heteroatoms. The fourth-order valence-electron chi connectivity index (χ4n) is 2.07. The van der Waals surface area contributed by atoms with E-state index in [1.807, 2.05) is 0 Å². The molecule has 0 radical (unpaired) electrons. The summed E-state index contributed by atoms with van der Waals surface area (Å²) < 4.78 is 10.4. The molecule has 0 aromatic heterocycles. The average molecular weight is 317 g/mol. The van der Waals surface area contributed by atoms with Gasteiger partial charge in [-0.2, -0.15) is 5.26 Å². The minimum atomic E-state index is 0.260. The lowest BCUT2D eigenvalue weighted by molar-refractivity contribution is 0.320. The number of halogens is 1. The van der Waals surface area contributed by atoms with Crippen molar-refractivity contribution in [1.29, 1.82) is 5.26 Å². The number of oxime groups is 1. The number of hydrogen-bond acceptors (Lipinski definition) is 5. The number of benzene rings is 1. The molecule has 0 bridgehead atoms. The highest BCUT2D eigenvalue weighted by Gasteiger charge is 2.17. The zero-order valence-electron chi connectivity index (χ0n) is 12.0. The third-order valence-corrected chi connectivity index (χ3v) is 3.35. The highest BCUT2D eigenvalue weighted by atomic mass is 35.5. The normalized spacial score (nSPS) is 17.7. The van der Waals surface area contributed by atoms with E-state index in [9.17, 15) is 5.26 Å². The molecular weight excluding hydrogens is 304 g/mol. The molecule has 2 rings (SSSR count). The molecular formula is C16H13ClN2O3. The third kappa shape index (κ3) is 2.97. The Morgan fingerprint density at radius 1 is 1.23 bits per heavy atom. The lowest BCUT2D eigenvalue weighted by atomic mass is 9.94. The monoisotopic (exact) mass is 316 g/mol. The zero-order valence-corrected chi connectivity index (χ0v) is 12.8. The Bertz CT molecular complexity index is 755. The van der Waals surface area contributed by atoms with Crippen molar-refractivity contribution < 1.29 is 14.7 Å². The number of nitriles is 1. The highest BCUT2D eigenvalue weighted by Crippen LogP contribution is 2.32.